The number of ether oxygens (including phenoxy) is 1. The molecular weight excluding hydrogens is 218 g/mol. The van der Waals surface area contributed by atoms with Crippen molar-refractivity contribution in [2.75, 3.05) is 19.0 Å². The fraction of sp³-hybridized carbons (Fsp3) is 0.462. The van der Waals surface area contributed by atoms with E-state index >= 15 is 0 Å². The van der Waals surface area contributed by atoms with Crippen molar-refractivity contribution < 1.29 is 14.6 Å². The van der Waals surface area contributed by atoms with Gasteiger partial charge in [0.1, 0.15) is 0 Å². The highest BCUT2D eigenvalue weighted by Gasteiger charge is 2.30. The Bertz CT molecular complexity index is 388. The lowest BCUT2D eigenvalue weighted by molar-refractivity contribution is -0.158. The molecule has 0 fully saturated rings. The molecule has 1 unspecified atom stereocenters. The van der Waals surface area contributed by atoms with Gasteiger partial charge >= 0.3 is 5.97 Å². The normalized spacial score (nSPS) is 13.9. The number of hydrogen-bond acceptors (Lipinski definition) is 4. The average Bonchev–Trinajstić information content (AvgIpc) is 2.35. The van der Waals surface area contributed by atoms with Crippen molar-refractivity contribution >= 4 is 11.7 Å². The Labute approximate surface area is 102 Å². The molecule has 0 aliphatic carbocycles. The molecule has 0 spiro atoms. The van der Waals surface area contributed by atoms with Crippen molar-refractivity contribution in [2.45, 2.75) is 25.9 Å². The Kier molecular flexibility index (Phi) is 4.52. The lowest BCUT2D eigenvalue weighted by atomic mass is 10.1. The minimum atomic E-state index is -1.52. The second kappa shape index (κ2) is 5.68. The van der Waals surface area contributed by atoms with Crippen LogP contribution in [0.25, 0.3) is 0 Å². The highest BCUT2D eigenvalue weighted by atomic mass is 16.5. The maximum atomic E-state index is 11.3. The zero-order chi connectivity index (χ0) is 12.9. The number of anilines is 1. The molecule has 0 bridgehead atoms. The first kappa shape index (κ1) is 13.5. The molecule has 0 aliphatic rings. The summed E-state index contributed by atoms with van der Waals surface area (Å²) in [4.78, 5) is 11.3. The fourth-order valence-corrected chi connectivity index (χ4v) is 1.47. The summed E-state index contributed by atoms with van der Waals surface area (Å²) in [5, 5.41) is 12.9. The van der Waals surface area contributed by atoms with E-state index < -0.39 is 11.6 Å². The van der Waals surface area contributed by atoms with Crippen LogP contribution in [0.3, 0.4) is 0 Å². The van der Waals surface area contributed by atoms with E-state index in [0.717, 1.165) is 12.1 Å². The molecule has 0 saturated carbocycles. The summed E-state index contributed by atoms with van der Waals surface area (Å²) in [7, 11) is 1.26. The van der Waals surface area contributed by atoms with Crippen LogP contribution in [-0.4, -0.2) is 30.3 Å². The Morgan fingerprint density at radius 1 is 1.53 bits per heavy atom. The standard InChI is InChI=1S/C13H19NO3/c1-4-10-6-5-7-11(8-10)14-9-13(2,16)12(15)17-3/h5-8,14,16H,4,9H2,1-3H3. The van der Waals surface area contributed by atoms with Gasteiger partial charge in [0.15, 0.2) is 5.60 Å². The predicted octanol–water partition coefficient (Wildman–Crippen LogP) is 1.58. The summed E-state index contributed by atoms with van der Waals surface area (Å²) in [6, 6.07) is 7.86. The molecule has 0 radical (unpaired) electrons. The van der Waals surface area contributed by atoms with Gasteiger partial charge in [-0.2, -0.15) is 0 Å². The topological polar surface area (TPSA) is 58.6 Å². The first-order chi connectivity index (χ1) is 7.99. The van der Waals surface area contributed by atoms with Crippen LogP contribution in [0, 0.1) is 0 Å². The van der Waals surface area contributed by atoms with Crippen molar-refractivity contribution in [3.8, 4) is 0 Å². The number of carbonyl (C=O) groups is 1. The van der Waals surface area contributed by atoms with Crippen LogP contribution in [0.4, 0.5) is 5.69 Å². The second-order valence-corrected chi connectivity index (χ2v) is 4.17. The minimum Gasteiger partial charge on any atom is -0.467 e. The molecule has 0 saturated heterocycles. The van der Waals surface area contributed by atoms with E-state index in [2.05, 4.69) is 17.0 Å². The van der Waals surface area contributed by atoms with Gasteiger partial charge in [-0.15, -0.1) is 0 Å². The molecule has 0 heterocycles. The van der Waals surface area contributed by atoms with Gasteiger partial charge in [-0.25, -0.2) is 4.79 Å². The lowest BCUT2D eigenvalue weighted by Gasteiger charge is -2.21. The van der Waals surface area contributed by atoms with Crippen LogP contribution in [0.2, 0.25) is 0 Å². The van der Waals surface area contributed by atoms with E-state index in [-0.39, 0.29) is 6.54 Å². The smallest absolute Gasteiger partial charge is 0.339 e. The van der Waals surface area contributed by atoms with Gasteiger partial charge in [-0.05, 0) is 31.0 Å². The van der Waals surface area contributed by atoms with Crippen molar-refractivity contribution in [3.63, 3.8) is 0 Å². The molecule has 2 N–H and O–H groups in total. The summed E-state index contributed by atoms with van der Waals surface area (Å²) in [5.41, 5.74) is 0.568. The molecule has 4 nitrogen and oxygen atoms in total. The summed E-state index contributed by atoms with van der Waals surface area (Å²) in [5.74, 6) is -0.642. The first-order valence-electron chi connectivity index (χ1n) is 5.63. The van der Waals surface area contributed by atoms with Gasteiger partial charge in [0.25, 0.3) is 0 Å². The van der Waals surface area contributed by atoms with Gasteiger partial charge in [-0.3, -0.25) is 0 Å². The van der Waals surface area contributed by atoms with E-state index in [1.54, 1.807) is 0 Å². The third-order valence-corrected chi connectivity index (χ3v) is 2.60. The number of methoxy groups -OCH3 is 1. The van der Waals surface area contributed by atoms with Gasteiger partial charge in [0.05, 0.1) is 13.7 Å². The SMILES string of the molecule is CCc1cccc(NCC(C)(O)C(=O)OC)c1. The minimum absolute atomic E-state index is 0.118. The molecule has 1 aromatic carbocycles. The highest BCUT2D eigenvalue weighted by molar-refractivity contribution is 5.79. The van der Waals surface area contributed by atoms with E-state index in [9.17, 15) is 9.90 Å². The van der Waals surface area contributed by atoms with Crippen molar-refractivity contribution in [2.24, 2.45) is 0 Å². The monoisotopic (exact) mass is 237 g/mol. The summed E-state index contributed by atoms with van der Waals surface area (Å²) >= 11 is 0. The Hall–Kier alpha value is -1.55. The van der Waals surface area contributed by atoms with Gasteiger partial charge in [-0.1, -0.05) is 19.1 Å². The van der Waals surface area contributed by atoms with Crippen LogP contribution >= 0.6 is 0 Å². The number of carbonyl (C=O) groups excluding carboxylic acids is 1. The Morgan fingerprint density at radius 2 is 2.24 bits per heavy atom. The number of benzene rings is 1. The number of esters is 1. The Morgan fingerprint density at radius 3 is 2.82 bits per heavy atom. The maximum absolute atomic E-state index is 11.3. The molecule has 0 amide bonds. The van der Waals surface area contributed by atoms with Crippen molar-refractivity contribution in [1.29, 1.82) is 0 Å². The van der Waals surface area contributed by atoms with Gasteiger partial charge < -0.3 is 15.2 Å². The molecule has 0 aromatic heterocycles. The third-order valence-electron chi connectivity index (χ3n) is 2.60. The summed E-state index contributed by atoms with van der Waals surface area (Å²) in [6.07, 6.45) is 0.947. The number of hydrogen-bond donors (Lipinski definition) is 2. The van der Waals surface area contributed by atoms with Crippen molar-refractivity contribution in [3.05, 3.63) is 29.8 Å². The molecule has 4 heteroatoms. The van der Waals surface area contributed by atoms with E-state index in [0.29, 0.717) is 0 Å². The molecule has 1 rings (SSSR count). The molecule has 94 valence electrons. The van der Waals surface area contributed by atoms with Crippen LogP contribution in [0.5, 0.6) is 0 Å². The quantitative estimate of drug-likeness (QED) is 0.763. The maximum Gasteiger partial charge on any atom is 0.339 e. The van der Waals surface area contributed by atoms with Crippen LogP contribution in [0.15, 0.2) is 24.3 Å². The van der Waals surface area contributed by atoms with Gasteiger partial charge in [0, 0.05) is 5.69 Å². The van der Waals surface area contributed by atoms with E-state index in [1.165, 1.54) is 19.6 Å². The van der Waals surface area contributed by atoms with Gasteiger partial charge in [0.2, 0.25) is 0 Å². The molecule has 1 atom stereocenters. The van der Waals surface area contributed by atoms with Crippen LogP contribution in [0.1, 0.15) is 19.4 Å². The zero-order valence-corrected chi connectivity index (χ0v) is 10.5. The number of aliphatic hydroxyl groups is 1. The fourth-order valence-electron chi connectivity index (χ4n) is 1.47. The lowest BCUT2D eigenvalue weighted by Crippen LogP contribution is -2.42. The second-order valence-electron chi connectivity index (χ2n) is 4.17. The van der Waals surface area contributed by atoms with Crippen LogP contribution < -0.4 is 5.32 Å². The summed E-state index contributed by atoms with van der Waals surface area (Å²) in [6.45, 7) is 3.62. The highest BCUT2D eigenvalue weighted by Crippen LogP contribution is 2.13. The number of aryl methyl sites for hydroxylation is 1. The molecular formula is C13H19NO3. The van der Waals surface area contributed by atoms with E-state index in [4.69, 9.17) is 0 Å². The molecule has 1 aromatic rings. The predicted molar refractivity (Wildman–Crippen MR) is 66.9 cm³/mol. The third kappa shape index (κ3) is 3.75. The van der Waals surface area contributed by atoms with Crippen molar-refractivity contribution in [1.82, 2.24) is 0 Å². The molecule has 0 aliphatic heterocycles. The summed E-state index contributed by atoms with van der Waals surface area (Å²) < 4.78 is 4.52. The number of nitrogens with one attached hydrogen (secondary N) is 1. The zero-order valence-electron chi connectivity index (χ0n) is 10.5. The average molecular weight is 237 g/mol. The Balaban J connectivity index is 2.63. The molecule has 17 heavy (non-hydrogen) atoms. The first-order valence-corrected chi connectivity index (χ1v) is 5.63. The largest absolute Gasteiger partial charge is 0.467 e. The van der Waals surface area contributed by atoms with Crippen LogP contribution in [-0.2, 0) is 16.0 Å². The van der Waals surface area contributed by atoms with E-state index in [1.807, 2.05) is 24.3 Å². The number of rotatable bonds is 5.